The summed E-state index contributed by atoms with van der Waals surface area (Å²) in [5, 5.41) is 3.32. The lowest BCUT2D eigenvalue weighted by Crippen LogP contribution is -2.16. The number of rotatable bonds is 6. The fourth-order valence-corrected chi connectivity index (χ4v) is 2.16. The van der Waals surface area contributed by atoms with Crippen molar-refractivity contribution in [3.05, 3.63) is 53.8 Å². The van der Waals surface area contributed by atoms with E-state index in [4.69, 9.17) is 9.47 Å². The van der Waals surface area contributed by atoms with Gasteiger partial charge in [0.05, 0.1) is 7.11 Å². The molecule has 1 saturated carbocycles. The fraction of sp³-hybridized carbons (Fsp3) is 0.294. The van der Waals surface area contributed by atoms with Crippen LogP contribution in [0.1, 0.15) is 18.4 Å². The molecule has 0 bridgehead atoms. The summed E-state index contributed by atoms with van der Waals surface area (Å²) in [6, 6.07) is 12.8. The predicted octanol–water partition coefficient (Wildman–Crippen LogP) is 3.88. The Morgan fingerprint density at radius 1 is 1.05 bits per heavy atom. The van der Waals surface area contributed by atoms with Crippen LogP contribution < -0.4 is 14.8 Å². The van der Waals surface area contributed by atoms with Crippen molar-refractivity contribution in [3.63, 3.8) is 0 Å². The number of benzene rings is 2. The molecule has 1 aliphatic carbocycles. The maximum atomic E-state index is 14.1. The van der Waals surface area contributed by atoms with Gasteiger partial charge in [0, 0.05) is 18.2 Å². The SMILES string of the molecule is COc1ccccc1Oc1cccc(F)c1CNC1CC1. The highest BCUT2D eigenvalue weighted by Gasteiger charge is 2.22. The maximum absolute atomic E-state index is 14.1. The van der Waals surface area contributed by atoms with Gasteiger partial charge in [-0.1, -0.05) is 18.2 Å². The van der Waals surface area contributed by atoms with E-state index in [1.807, 2.05) is 24.3 Å². The largest absolute Gasteiger partial charge is 0.493 e. The van der Waals surface area contributed by atoms with Gasteiger partial charge in [-0.25, -0.2) is 4.39 Å². The summed E-state index contributed by atoms with van der Waals surface area (Å²) in [5.74, 6) is 1.48. The third-order valence-corrected chi connectivity index (χ3v) is 3.51. The van der Waals surface area contributed by atoms with Crippen molar-refractivity contribution in [2.24, 2.45) is 0 Å². The summed E-state index contributed by atoms with van der Waals surface area (Å²) < 4.78 is 25.2. The molecule has 4 heteroatoms. The first-order chi connectivity index (χ1) is 10.3. The summed E-state index contributed by atoms with van der Waals surface area (Å²) in [4.78, 5) is 0. The van der Waals surface area contributed by atoms with Crippen molar-refractivity contribution in [2.45, 2.75) is 25.4 Å². The highest BCUT2D eigenvalue weighted by Crippen LogP contribution is 2.33. The van der Waals surface area contributed by atoms with Crippen LogP contribution in [0.4, 0.5) is 4.39 Å². The van der Waals surface area contributed by atoms with Gasteiger partial charge in [0.1, 0.15) is 11.6 Å². The predicted molar refractivity (Wildman–Crippen MR) is 79.3 cm³/mol. The van der Waals surface area contributed by atoms with Crippen LogP contribution in [0.2, 0.25) is 0 Å². The fourth-order valence-electron chi connectivity index (χ4n) is 2.16. The number of ether oxygens (including phenoxy) is 2. The van der Waals surface area contributed by atoms with Crippen LogP contribution in [0.15, 0.2) is 42.5 Å². The molecular weight excluding hydrogens is 269 g/mol. The van der Waals surface area contributed by atoms with E-state index in [9.17, 15) is 4.39 Å². The van der Waals surface area contributed by atoms with E-state index in [0.717, 1.165) is 12.8 Å². The molecule has 3 rings (SSSR count). The summed E-state index contributed by atoms with van der Waals surface area (Å²) in [6.07, 6.45) is 2.33. The first-order valence-electron chi connectivity index (χ1n) is 7.09. The van der Waals surface area contributed by atoms with Gasteiger partial charge < -0.3 is 14.8 Å². The first kappa shape index (κ1) is 13.9. The van der Waals surface area contributed by atoms with E-state index in [1.54, 1.807) is 19.2 Å². The van der Waals surface area contributed by atoms with Gasteiger partial charge in [-0.05, 0) is 37.1 Å². The normalized spacial score (nSPS) is 14.0. The molecule has 2 aromatic carbocycles. The Morgan fingerprint density at radius 3 is 2.48 bits per heavy atom. The standard InChI is InChI=1S/C17H18FNO2/c1-20-16-6-2-3-7-17(16)21-15-8-4-5-14(18)13(15)11-19-12-9-10-12/h2-8,12,19H,9-11H2,1H3. The molecule has 0 atom stereocenters. The Morgan fingerprint density at radius 2 is 1.76 bits per heavy atom. The van der Waals surface area contributed by atoms with Crippen molar-refractivity contribution < 1.29 is 13.9 Å². The lowest BCUT2D eigenvalue weighted by Gasteiger charge is -2.14. The average molecular weight is 287 g/mol. The zero-order chi connectivity index (χ0) is 14.7. The van der Waals surface area contributed by atoms with Crippen LogP contribution in [0.5, 0.6) is 17.2 Å². The van der Waals surface area contributed by atoms with E-state index < -0.39 is 0 Å². The van der Waals surface area contributed by atoms with Gasteiger partial charge in [0.2, 0.25) is 0 Å². The van der Waals surface area contributed by atoms with Crippen molar-refractivity contribution >= 4 is 0 Å². The lowest BCUT2D eigenvalue weighted by molar-refractivity contribution is 0.375. The molecular formula is C17H18FNO2. The van der Waals surface area contributed by atoms with Crippen LogP contribution in [-0.2, 0) is 6.54 Å². The van der Waals surface area contributed by atoms with Crippen LogP contribution in [0.25, 0.3) is 0 Å². The molecule has 0 aliphatic heterocycles. The Hall–Kier alpha value is -2.07. The number of hydrogen-bond donors (Lipinski definition) is 1. The maximum Gasteiger partial charge on any atom is 0.169 e. The Bertz CT molecular complexity index is 626. The Labute approximate surface area is 123 Å². The topological polar surface area (TPSA) is 30.5 Å². The molecule has 3 nitrogen and oxygen atoms in total. The summed E-state index contributed by atoms with van der Waals surface area (Å²) in [6.45, 7) is 0.474. The highest BCUT2D eigenvalue weighted by molar-refractivity contribution is 5.45. The zero-order valence-electron chi connectivity index (χ0n) is 11.9. The minimum atomic E-state index is -0.254. The second-order valence-electron chi connectivity index (χ2n) is 5.12. The number of halogens is 1. The van der Waals surface area contributed by atoms with Gasteiger partial charge in [-0.3, -0.25) is 0 Å². The van der Waals surface area contributed by atoms with E-state index >= 15 is 0 Å². The van der Waals surface area contributed by atoms with Gasteiger partial charge in [-0.15, -0.1) is 0 Å². The average Bonchev–Trinajstić information content (AvgIpc) is 3.31. The van der Waals surface area contributed by atoms with Crippen LogP contribution in [0, 0.1) is 5.82 Å². The minimum Gasteiger partial charge on any atom is -0.493 e. The lowest BCUT2D eigenvalue weighted by atomic mass is 10.2. The molecule has 0 heterocycles. The van der Waals surface area contributed by atoms with Gasteiger partial charge in [0.25, 0.3) is 0 Å². The highest BCUT2D eigenvalue weighted by atomic mass is 19.1. The number of hydrogen-bond acceptors (Lipinski definition) is 3. The molecule has 2 aromatic rings. The van der Waals surface area contributed by atoms with Crippen LogP contribution in [0.3, 0.4) is 0 Å². The first-order valence-corrected chi connectivity index (χ1v) is 7.09. The molecule has 0 spiro atoms. The van der Waals surface area contributed by atoms with E-state index in [2.05, 4.69) is 5.32 Å². The minimum absolute atomic E-state index is 0.254. The Balaban J connectivity index is 1.84. The van der Waals surface area contributed by atoms with Crippen LogP contribution >= 0.6 is 0 Å². The van der Waals surface area contributed by atoms with Crippen molar-refractivity contribution in [2.75, 3.05) is 7.11 Å². The smallest absolute Gasteiger partial charge is 0.169 e. The van der Waals surface area contributed by atoms with Gasteiger partial charge in [-0.2, -0.15) is 0 Å². The zero-order valence-corrected chi connectivity index (χ0v) is 11.9. The third kappa shape index (κ3) is 3.34. The molecule has 110 valence electrons. The molecule has 0 unspecified atom stereocenters. The summed E-state index contributed by atoms with van der Waals surface area (Å²) in [5.41, 5.74) is 0.551. The molecule has 21 heavy (non-hydrogen) atoms. The molecule has 0 saturated heterocycles. The van der Waals surface area contributed by atoms with Gasteiger partial charge >= 0.3 is 0 Å². The molecule has 0 amide bonds. The molecule has 1 N–H and O–H groups in total. The number of nitrogens with one attached hydrogen (secondary N) is 1. The third-order valence-electron chi connectivity index (χ3n) is 3.51. The second-order valence-corrected chi connectivity index (χ2v) is 5.12. The monoisotopic (exact) mass is 287 g/mol. The molecule has 0 aromatic heterocycles. The number of methoxy groups -OCH3 is 1. The van der Waals surface area contributed by atoms with Crippen LogP contribution in [-0.4, -0.2) is 13.2 Å². The molecule has 1 aliphatic rings. The van der Waals surface area contributed by atoms with Crippen molar-refractivity contribution in [3.8, 4) is 17.2 Å². The molecule has 1 fully saturated rings. The van der Waals surface area contributed by atoms with E-state index in [0.29, 0.717) is 35.4 Å². The second kappa shape index (κ2) is 6.14. The van der Waals surface area contributed by atoms with Crippen molar-refractivity contribution in [1.29, 1.82) is 0 Å². The van der Waals surface area contributed by atoms with E-state index in [-0.39, 0.29) is 5.82 Å². The summed E-state index contributed by atoms with van der Waals surface area (Å²) in [7, 11) is 1.59. The quantitative estimate of drug-likeness (QED) is 0.874. The van der Waals surface area contributed by atoms with Gasteiger partial charge in [0.15, 0.2) is 11.5 Å². The Kier molecular flexibility index (Phi) is 4.06. The number of para-hydroxylation sites is 2. The van der Waals surface area contributed by atoms with Crippen molar-refractivity contribution in [1.82, 2.24) is 5.32 Å². The van der Waals surface area contributed by atoms with E-state index in [1.165, 1.54) is 6.07 Å². The summed E-state index contributed by atoms with van der Waals surface area (Å²) >= 11 is 0. The molecule has 0 radical (unpaired) electrons.